The number of aliphatic hydroxyl groups is 1. The van der Waals surface area contributed by atoms with Crippen LogP contribution in [0.1, 0.15) is 89.2 Å². The third-order valence-electron chi connectivity index (χ3n) is 11.3. The van der Waals surface area contributed by atoms with Crippen molar-refractivity contribution < 1.29 is 42.9 Å². The molecule has 2 amide bonds. The number of fused-ring (bicyclic) bond motifs is 1. The minimum atomic E-state index is -2.46. The Labute approximate surface area is 377 Å². The number of aromatic nitrogens is 1. The van der Waals surface area contributed by atoms with Crippen LogP contribution in [0.4, 0.5) is 15.3 Å². The molecule has 0 spiro atoms. The van der Waals surface area contributed by atoms with Gasteiger partial charge in [0.2, 0.25) is 11.2 Å². The van der Waals surface area contributed by atoms with E-state index in [0.29, 0.717) is 54.9 Å². The number of nitrogens with one attached hydrogen (secondary N) is 2. The lowest BCUT2D eigenvalue weighted by Crippen LogP contribution is -2.46. The lowest BCUT2D eigenvalue weighted by Gasteiger charge is -2.41. The molecule has 0 saturated heterocycles. The number of anilines is 1. The number of pyridine rings is 1. The molecule has 1 aromatic heterocycles. The first-order valence-corrected chi connectivity index (χ1v) is 24.5. The van der Waals surface area contributed by atoms with Gasteiger partial charge in [0.05, 0.1) is 31.9 Å². The van der Waals surface area contributed by atoms with E-state index in [9.17, 15) is 24.3 Å². The van der Waals surface area contributed by atoms with Crippen molar-refractivity contribution in [3.05, 3.63) is 142 Å². The minimum Gasteiger partial charge on any atom is -0.487 e. The molecule has 5 rings (SSSR count). The molecule has 1 unspecified atom stereocenters. The van der Waals surface area contributed by atoms with E-state index in [1.165, 1.54) is 19.2 Å². The first kappa shape index (κ1) is 49.1. The van der Waals surface area contributed by atoms with Crippen molar-refractivity contribution in [3.8, 4) is 5.75 Å². The number of hydrogen-bond donors (Lipinski definition) is 3. The topological polar surface area (TPSA) is 166 Å². The second kappa shape index (κ2) is 21.1. The van der Waals surface area contributed by atoms with Crippen LogP contribution in [0.15, 0.2) is 114 Å². The maximum absolute atomic E-state index is 13.9. The number of rotatable bonds is 18. The van der Waals surface area contributed by atoms with Crippen molar-refractivity contribution in [2.24, 2.45) is 0 Å². The Morgan fingerprint density at radius 1 is 0.812 bits per heavy atom. The maximum Gasteiger partial charge on any atom is 0.411 e. The molecule has 0 saturated carbocycles. The summed E-state index contributed by atoms with van der Waals surface area (Å²) in [5.41, 5.74) is 0.0483. The molecule has 342 valence electrons. The van der Waals surface area contributed by atoms with E-state index in [1.54, 1.807) is 59.5 Å². The van der Waals surface area contributed by atoms with Crippen molar-refractivity contribution in [1.29, 1.82) is 0 Å². The molecule has 13 nitrogen and oxygen atoms in total. The summed E-state index contributed by atoms with van der Waals surface area (Å²) < 4.78 is 29.8. The van der Waals surface area contributed by atoms with E-state index in [4.69, 9.17) is 23.4 Å². The van der Waals surface area contributed by atoms with Crippen LogP contribution < -0.4 is 15.6 Å². The van der Waals surface area contributed by atoms with Crippen molar-refractivity contribution in [2.75, 3.05) is 32.1 Å². The van der Waals surface area contributed by atoms with Gasteiger partial charge in [-0.3, -0.25) is 10.1 Å². The van der Waals surface area contributed by atoms with Crippen LogP contribution in [0.2, 0.25) is 18.1 Å². The van der Waals surface area contributed by atoms with Crippen molar-refractivity contribution in [1.82, 2.24) is 9.88 Å². The summed E-state index contributed by atoms with van der Waals surface area (Å²) in [6, 6.07) is 31.6. The average molecular weight is 894 g/mol. The number of aromatic amines is 1. The zero-order chi connectivity index (χ0) is 46.7. The van der Waals surface area contributed by atoms with Gasteiger partial charge in [-0.05, 0) is 99.1 Å². The monoisotopic (exact) mass is 893 g/mol. The van der Waals surface area contributed by atoms with Crippen LogP contribution >= 0.6 is 0 Å². The Bertz CT molecular complexity index is 2410. The van der Waals surface area contributed by atoms with Crippen LogP contribution in [-0.4, -0.2) is 73.9 Å². The standard InChI is InChI=1S/C50H63N3O10Si/c1-48(2,3)62-47(57)53(30-17-12-18-31-60-46(56)51-38-25-19-24-37(32-38)50(58,45(55)59-7)36-22-15-11-16-23-36)33-42(63-64(8,9)49(4,5)6)39-26-28-41(44-40(39)27-29-43(54)52-44)61-34-35-20-13-10-14-21-35/h10-11,13-16,19-29,32,42,58H,12,17-18,30-31,33-34H2,1-9H3,(H,51,56)(H,52,54)/t42-,50?/m0/s1. The highest BCUT2D eigenvalue weighted by molar-refractivity contribution is 6.74. The lowest BCUT2D eigenvalue weighted by molar-refractivity contribution is -0.158. The molecule has 0 aliphatic carbocycles. The second-order valence-electron chi connectivity index (χ2n) is 18.3. The summed E-state index contributed by atoms with van der Waals surface area (Å²) in [6.07, 6.45) is -0.0721. The van der Waals surface area contributed by atoms with Crippen molar-refractivity contribution in [2.45, 2.75) is 103 Å². The zero-order valence-corrected chi connectivity index (χ0v) is 39.5. The number of carbonyl (C=O) groups is 3. The van der Waals surface area contributed by atoms with E-state index in [0.717, 1.165) is 16.5 Å². The lowest BCUT2D eigenvalue weighted by atomic mass is 9.86. The fraction of sp³-hybridized carbons (Fsp3) is 0.400. The summed E-state index contributed by atoms with van der Waals surface area (Å²) in [7, 11) is -1.27. The molecule has 0 bridgehead atoms. The highest BCUT2D eigenvalue weighted by atomic mass is 28.4. The molecular weight excluding hydrogens is 831 g/mol. The number of benzene rings is 4. The van der Waals surface area contributed by atoms with Gasteiger partial charge < -0.3 is 38.4 Å². The molecule has 64 heavy (non-hydrogen) atoms. The Hall–Kier alpha value is -5.96. The van der Waals surface area contributed by atoms with Gasteiger partial charge in [-0.25, -0.2) is 14.4 Å². The molecule has 0 aliphatic heterocycles. The van der Waals surface area contributed by atoms with E-state index < -0.39 is 43.8 Å². The number of amides is 2. The molecule has 0 radical (unpaired) electrons. The van der Waals surface area contributed by atoms with Crippen LogP contribution in [0.25, 0.3) is 10.9 Å². The maximum atomic E-state index is 13.9. The Morgan fingerprint density at radius 3 is 2.14 bits per heavy atom. The number of ether oxygens (including phenoxy) is 4. The summed E-state index contributed by atoms with van der Waals surface area (Å²) in [5, 5.41) is 14.8. The van der Waals surface area contributed by atoms with Gasteiger partial charge in [-0.15, -0.1) is 0 Å². The first-order valence-electron chi connectivity index (χ1n) is 21.6. The number of carbonyl (C=O) groups excluding carboxylic acids is 3. The van der Waals surface area contributed by atoms with E-state index >= 15 is 0 Å². The average Bonchev–Trinajstić information content (AvgIpc) is 3.25. The van der Waals surface area contributed by atoms with Crippen molar-refractivity contribution in [3.63, 3.8) is 0 Å². The van der Waals surface area contributed by atoms with Crippen LogP contribution in [0, 0.1) is 0 Å². The Balaban J connectivity index is 1.29. The SMILES string of the molecule is COC(=O)C(O)(c1ccccc1)c1cccc(NC(=O)OCCCCCN(C[C@H](O[Si](C)(C)C(C)(C)C)c2ccc(OCc3ccccc3)c3[nH]c(=O)ccc23)C(=O)OC(C)(C)C)c1. The number of unbranched alkanes of at least 4 members (excludes halogenated alkanes) is 2. The number of methoxy groups -OCH3 is 1. The predicted octanol–water partition coefficient (Wildman–Crippen LogP) is 10.2. The molecule has 0 fully saturated rings. The normalized spacial score (nSPS) is 13.3. The van der Waals surface area contributed by atoms with Gasteiger partial charge in [-0.2, -0.15) is 0 Å². The fourth-order valence-corrected chi connectivity index (χ4v) is 8.12. The molecule has 5 aromatic rings. The Morgan fingerprint density at radius 2 is 1.48 bits per heavy atom. The van der Waals surface area contributed by atoms with E-state index in [-0.39, 0.29) is 29.3 Å². The number of nitrogens with zero attached hydrogens (tertiary/aromatic N) is 1. The van der Waals surface area contributed by atoms with Gasteiger partial charge >= 0.3 is 18.2 Å². The van der Waals surface area contributed by atoms with Gasteiger partial charge in [0.25, 0.3) is 0 Å². The molecular formula is C50H63N3O10Si. The smallest absolute Gasteiger partial charge is 0.411 e. The number of esters is 1. The third-order valence-corrected chi connectivity index (χ3v) is 15.7. The second-order valence-corrected chi connectivity index (χ2v) is 23.1. The van der Waals surface area contributed by atoms with Gasteiger partial charge in [0.1, 0.15) is 18.0 Å². The van der Waals surface area contributed by atoms with E-state index in [1.807, 2.05) is 63.2 Å². The van der Waals surface area contributed by atoms with Crippen LogP contribution in [0.3, 0.4) is 0 Å². The summed E-state index contributed by atoms with van der Waals surface area (Å²) in [6.45, 7) is 17.2. The molecule has 0 aliphatic rings. The first-order chi connectivity index (χ1) is 30.2. The van der Waals surface area contributed by atoms with Gasteiger partial charge in [0.15, 0.2) is 8.32 Å². The highest BCUT2D eigenvalue weighted by Gasteiger charge is 2.42. The van der Waals surface area contributed by atoms with Gasteiger partial charge in [0, 0.05) is 29.2 Å². The van der Waals surface area contributed by atoms with Crippen LogP contribution in [0.5, 0.6) is 5.75 Å². The van der Waals surface area contributed by atoms with Crippen LogP contribution in [-0.2, 0) is 35.6 Å². The van der Waals surface area contributed by atoms with Gasteiger partial charge in [-0.1, -0.05) is 99.6 Å². The summed E-state index contributed by atoms with van der Waals surface area (Å²) in [5.74, 6) is -0.346. The number of H-pyrrole nitrogens is 1. The summed E-state index contributed by atoms with van der Waals surface area (Å²) in [4.78, 5) is 57.0. The minimum absolute atomic E-state index is 0.105. The Kier molecular flexibility index (Phi) is 16.2. The highest BCUT2D eigenvalue weighted by Crippen LogP contribution is 2.42. The largest absolute Gasteiger partial charge is 0.487 e. The number of hydrogen-bond acceptors (Lipinski definition) is 10. The quantitative estimate of drug-likeness (QED) is 0.0334. The summed E-state index contributed by atoms with van der Waals surface area (Å²) >= 11 is 0. The molecule has 14 heteroatoms. The fourth-order valence-electron chi connectivity index (χ4n) is 6.85. The third kappa shape index (κ3) is 12.8. The molecule has 4 aromatic carbocycles. The zero-order valence-electron chi connectivity index (χ0n) is 38.5. The molecule has 1 heterocycles. The van der Waals surface area contributed by atoms with Crippen molar-refractivity contribution >= 4 is 43.1 Å². The molecule has 2 atom stereocenters. The molecule has 3 N–H and O–H groups in total. The predicted molar refractivity (Wildman–Crippen MR) is 251 cm³/mol. The van der Waals surface area contributed by atoms with E-state index in [2.05, 4.69) is 44.2 Å².